The minimum absolute atomic E-state index is 0.00127. The Morgan fingerprint density at radius 1 is 0.922 bits per heavy atom. The molecule has 3 aliphatic heterocycles. The molecule has 3 saturated heterocycles. The highest BCUT2D eigenvalue weighted by Gasteiger charge is 2.44. The van der Waals surface area contributed by atoms with Crippen LogP contribution in [-0.4, -0.2) is 36.1 Å². The topological polar surface area (TPSA) is 83.6 Å². The molecule has 4 aromatic carbocycles. The number of pyridine rings is 1. The van der Waals surface area contributed by atoms with Gasteiger partial charge in [0.15, 0.2) is 0 Å². The molecule has 3 aliphatic rings. The first kappa shape index (κ1) is 34.3. The number of aromatic nitrogens is 1. The summed E-state index contributed by atoms with van der Waals surface area (Å²) in [6.07, 6.45) is -6.63. The molecule has 0 saturated carbocycles. The average molecular weight is 707 g/mol. The Hall–Kier alpha value is -5.17. The molecule has 0 amide bonds. The fourth-order valence-electron chi connectivity index (χ4n) is 7.45. The number of benzene rings is 3. The molecular weight excluding hydrogens is 674 g/mol. The molecule has 51 heavy (non-hydrogen) atoms. The SMILES string of the molecule is C=C[C@@H]1CN2CC[C@@H]1C[C@H]2[C@@H](Nc1c(Nc2cc(C(F)(F)F)cc(C(F)(F)F)c2)c(=O)c1=O)c1cc(-c2ccccc2)nc2ccc(OC)cc12. The first-order chi connectivity index (χ1) is 24.2. The molecule has 5 aromatic rings. The van der Waals surface area contributed by atoms with Crippen LogP contribution < -0.4 is 26.2 Å². The minimum Gasteiger partial charge on any atom is -0.497 e. The molecule has 2 N–H and O–H groups in total. The van der Waals surface area contributed by atoms with E-state index in [4.69, 9.17) is 9.72 Å². The van der Waals surface area contributed by atoms with Crippen LogP contribution in [0.5, 0.6) is 5.75 Å². The van der Waals surface area contributed by atoms with Crippen LogP contribution in [0.4, 0.5) is 43.4 Å². The van der Waals surface area contributed by atoms with E-state index in [1.54, 1.807) is 6.07 Å². The quantitative estimate of drug-likeness (QED) is 0.0906. The van der Waals surface area contributed by atoms with E-state index in [-0.39, 0.29) is 29.6 Å². The Kier molecular flexibility index (Phi) is 8.65. The third-order valence-electron chi connectivity index (χ3n) is 10.1. The van der Waals surface area contributed by atoms with Gasteiger partial charge in [-0.05, 0) is 79.3 Å². The number of nitrogens with one attached hydrogen (secondary N) is 2. The van der Waals surface area contributed by atoms with Crippen molar-refractivity contribution in [3.8, 4) is 17.0 Å². The van der Waals surface area contributed by atoms with Crippen molar-refractivity contribution in [3.63, 3.8) is 0 Å². The van der Waals surface area contributed by atoms with Crippen LogP contribution in [0.15, 0.2) is 95.0 Å². The van der Waals surface area contributed by atoms with Gasteiger partial charge in [0.05, 0.1) is 35.5 Å². The number of rotatable bonds is 9. The van der Waals surface area contributed by atoms with Gasteiger partial charge >= 0.3 is 12.4 Å². The van der Waals surface area contributed by atoms with Gasteiger partial charge in [-0.25, -0.2) is 4.98 Å². The van der Waals surface area contributed by atoms with E-state index in [9.17, 15) is 35.9 Å². The lowest BCUT2D eigenvalue weighted by Crippen LogP contribution is -2.56. The zero-order chi connectivity index (χ0) is 36.2. The molecule has 0 spiro atoms. The average Bonchev–Trinajstić information content (AvgIpc) is 3.13. The normalized spacial score (nSPS) is 21.1. The monoisotopic (exact) mass is 706 g/mol. The fraction of sp³-hybridized carbons (Fsp3) is 0.289. The summed E-state index contributed by atoms with van der Waals surface area (Å²) < 4.78 is 87.4. The van der Waals surface area contributed by atoms with E-state index in [1.807, 2.05) is 54.6 Å². The maximum atomic E-state index is 13.6. The molecule has 1 unspecified atom stereocenters. The number of hydrogen-bond acceptors (Lipinski definition) is 7. The van der Waals surface area contributed by atoms with Crippen molar-refractivity contribution in [2.45, 2.75) is 37.3 Å². The smallest absolute Gasteiger partial charge is 0.416 e. The van der Waals surface area contributed by atoms with E-state index in [0.717, 1.165) is 24.1 Å². The Morgan fingerprint density at radius 2 is 1.61 bits per heavy atom. The lowest BCUT2D eigenvalue weighted by molar-refractivity contribution is -0.143. The molecule has 3 fully saturated rings. The highest BCUT2D eigenvalue weighted by molar-refractivity contribution is 5.88. The summed E-state index contributed by atoms with van der Waals surface area (Å²) in [4.78, 5) is 33.4. The summed E-state index contributed by atoms with van der Waals surface area (Å²) in [5.41, 5.74) is -3.58. The molecule has 2 bridgehead atoms. The van der Waals surface area contributed by atoms with Gasteiger partial charge < -0.3 is 15.4 Å². The molecule has 0 radical (unpaired) electrons. The minimum atomic E-state index is -5.10. The number of fused-ring (bicyclic) bond motifs is 4. The summed E-state index contributed by atoms with van der Waals surface area (Å²) in [5, 5.41) is 6.40. The zero-order valence-electron chi connectivity index (χ0n) is 27.2. The number of anilines is 3. The van der Waals surface area contributed by atoms with Crippen molar-refractivity contribution in [2.75, 3.05) is 30.8 Å². The maximum Gasteiger partial charge on any atom is 0.416 e. The Balaban J connectivity index is 1.37. The van der Waals surface area contributed by atoms with Crippen molar-refractivity contribution in [3.05, 3.63) is 123 Å². The van der Waals surface area contributed by atoms with Crippen molar-refractivity contribution in [2.24, 2.45) is 11.8 Å². The summed E-state index contributed by atoms with van der Waals surface area (Å²) >= 11 is 0. The third-order valence-corrected chi connectivity index (χ3v) is 10.1. The molecule has 13 heteroatoms. The molecule has 4 heterocycles. The van der Waals surface area contributed by atoms with E-state index < -0.39 is 51.8 Å². The zero-order valence-corrected chi connectivity index (χ0v) is 27.2. The Labute approximate surface area is 288 Å². The number of alkyl halides is 6. The van der Waals surface area contributed by atoms with Crippen LogP contribution in [0.1, 0.15) is 35.6 Å². The van der Waals surface area contributed by atoms with Crippen molar-refractivity contribution in [1.82, 2.24) is 9.88 Å². The molecule has 5 atom stereocenters. The van der Waals surface area contributed by atoms with Crippen LogP contribution in [-0.2, 0) is 12.4 Å². The Morgan fingerprint density at radius 3 is 2.22 bits per heavy atom. The molecule has 8 rings (SSSR count). The number of nitrogens with zero attached hydrogens (tertiary/aromatic N) is 2. The molecular formula is C38H32F6N4O3. The highest BCUT2D eigenvalue weighted by atomic mass is 19.4. The van der Waals surface area contributed by atoms with E-state index >= 15 is 0 Å². The molecule has 0 aliphatic carbocycles. The van der Waals surface area contributed by atoms with E-state index in [2.05, 4.69) is 22.1 Å². The second-order valence-corrected chi connectivity index (χ2v) is 13.0. The third kappa shape index (κ3) is 6.46. The van der Waals surface area contributed by atoms with Crippen LogP contribution in [0.3, 0.4) is 0 Å². The van der Waals surface area contributed by atoms with Gasteiger partial charge in [0.25, 0.3) is 10.9 Å². The number of hydrogen-bond donors (Lipinski definition) is 2. The molecule has 7 nitrogen and oxygen atoms in total. The van der Waals surface area contributed by atoms with Gasteiger partial charge in [-0.3, -0.25) is 14.5 Å². The predicted molar refractivity (Wildman–Crippen MR) is 183 cm³/mol. The van der Waals surface area contributed by atoms with E-state index in [0.29, 0.717) is 47.4 Å². The lowest BCUT2D eigenvalue weighted by atomic mass is 9.72. The van der Waals surface area contributed by atoms with Crippen molar-refractivity contribution < 1.29 is 31.1 Å². The predicted octanol–water partition coefficient (Wildman–Crippen LogP) is 8.34. The summed E-state index contributed by atoms with van der Waals surface area (Å²) in [5.74, 6) is 1.08. The van der Waals surface area contributed by atoms with Crippen LogP contribution >= 0.6 is 0 Å². The van der Waals surface area contributed by atoms with Gasteiger partial charge in [-0.15, -0.1) is 6.58 Å². The van der Waals surface area contributed by atoms with Gasteiger partial charge in [0, 0.05) is 29.2 Å². The van der Waals surface area contributed by atoms with E-state index in [1.165, 1.54) is 7.11 Å². The fourth-order valence-corrected chi connectivity index (χ4v) is 7.45. The van der Waals surface area contributed by atoms with Gasteiger partial charge in [-0.2, -0.15) is 26.3 Å². The molecule has 1 aromatic heterocycles. The second-order valence-electron chi connectivity index (χ2n) is 13.0. The summed E-state index contributed by atoms with van der Waals surface area (Å²) in [6, 6.07) is 16.8. The number of methoxy groups -OCH3 is 1. The Bertz CT molecular complexity index is 2160. The van der Waals surface area contributed by atoms with Crippen LogP contribution in [0.2, 0.25) is 0 Å². The number of piperidine rings is 3. The van der Waals surface area contributed by atoms with Gasteiger partial charge in [-0.1, -0.05) is 36.4 Å². The number of ether oxygens (including phenoxy) is 1. The summed E-state index contributed by atoms with van der Waals surface area (Å²) in [7, 11) is 1.53. The van der Waals surface area contributed by atoms with Gasteiger partial charge in [0.1, 0.15) is 17.1 Å². The lowest BCUT2D eigenvalue weighted by Gasteiger charge is -2.52. The summed E-state index contributed by atoms with van der Waals surface area (Å²) in [6.45, 7) is 5.48. The number of halogens is 6. The first-order valence-electron chi connectivity index (χ1n) is 16.3. The largest absolute Gasteiger partial charge is 0.497 e. The van der Waals surface area contributed by atoms with Crippen molar-refractivity contribution >= 4 is 28.0 Å². The highest BCUT2D eigenvalue weighted by Crippen LogP contribution is 2.45. The van der Waals surface area contributed by atoms with Crippen molar-refractivity contribution in [1.29, 1.82) is 0 Å². The first-order valence-corrected chi connectivity index (χ1v) is 16.3. The molecule has 264 valence electrons. The van der Waals surface area contributed by atoms with Crippen LogP contribution in [0.25, 0.3) is 22.2 Å². The van der Waals surface area contributed by atoms with Gasteiger partial charge in [0.2, 0.25) is 0 Å². The second kappa shape index (κ2) is 12.9. The maximum absolute atomic E-state index is 13.6. The van der Waals surface area contributed by atoms with Crippen LogP contribution in [0, 0.1) is 11.8 Å². The standard InChI is InChI=1S/C38H32F6N4O3/c1-3-20-19-48-12-11-22(20)13-31(48)32(28-18-30(21-7-5-4-6-8-21)46-29-10-9-26(51-2)17-27(28)29)47-34-33(35(49)36(34)50)45-25-15-23(37(39,40)41)14-24(16-25)38(42,43)44/h3-10,14-18,20,22,31-32,45,47H,1,11-13,19H2,2H3/t20-,22-,31+,32+/m1/s1.